The molecule has 0 aromatic heterocycles. The Labute approximate surface area is 117 Å². The van der Waals surface area contributed by atoms with Crippen molar-refractivity contribution in [2.75, 3.05) is 6.54 Å². The first-order chi connectivity index (χ1) is 8.62. The molecule has 1 atom stereocenters. The molecule has 19 heavy (non-hydrogen) atoms. The molecule has 2 N–H and O–H groups in total. The summed E-state index contributed by atoms with van der Waals surface area (Å²) >= 11 is 6.00. The lowest BCUT2D eigenvalue weighted by molar-refractivity contribution is -0.161. The number of nitrogens with two attached hydrogens (primary N) is 1. The summed E-state index contributed by atoms with van der Waals surface area (Å²) < 4.78 is 19.3. The normalized spacial score (nSPS) is 14.9. The maximum Gasteiger partial charge on any atom is 0.318 e. The monoisotopic (exact) mass is 287 g/mol. The Morgan fingerprint density at radius 3 is 2.37 bits per heavy atom. The van der Waals surface area contributed by atoms with Gasteiger partial charge in [-0.2, -0.15) is 0 Å². The molecule has 0 aliphatic carbocycles. The van der Waals surface area contributed by atoms with Crippen molar-refractivity contribution in [1.82, 2.24) is 0 Å². The quantitative estimate of drug-likeness (QED) is 0.870. The zero-order valence-electron chi connectivity index (χ0n) is 11.6. The van der Waals surface area contributed by atoms with Crippen LogP contribution in [0.15, 0.2) is 18.2 Å². The van der Waals surface area contributed by atoms with E-state index in [1.54, 1.807) is 20.8 Å². The number of carbonyl (C=O) groups is 1. The van der Waals surface area contributed by atoms with Crippen LogP contribution in [0.2, 0.25) is 5.02 Å². The van der Waals surface area contributed by atoms with E-state index in [2.05, 4.69) is 0 Å². The van der Waals surface area contributed by atoms with Gasteiger partial charge < -0.3 is 10.5 Å². The molecule has 1 aromatic rings. The molecule has 5 heteroatoms. The predicted octanol–water partition coefficient (Wildman–Crippen LogP) is 3.04. The van der Waals surface area contributed by atoms with Gasteiger partial charge >= 0.3 is 5.97 Å². The van der Waals surface area contributed by atoms with Crippen molar-refractivity contribution in [1.29, 1.82) is 0 Å². The number of benzene rings is 1. The van der Waals surface area contributed by atoms with Gasteiger partial charge in [-0.1, -0.05) is 17.7 Å². The van der Waals surface area contributed by atoms with Gasteiger partial charge in [0, 0.05) is 17.1 Å². The van der Waals surface area contributed by atoms with Crippen LogP contribution in [0.3, 0.4) is 0 Å². The standard InChI is InChI=1S/C14H19ClFNO2/c1-13(2,3)19-12(18)14(4,8-17)11-9(15)6-5-7-10(11)16/h5-7H,8,17H2,1-4H3. The predicted molar refractivity (Wildman–Crippen MR) is 73.7 cm³/mol. The third kappa shape index (κ3) is 3.45. The third-order valence-electron chi connectivity index (χ3n) is 2.77. The van der Waals surface area contributed by atoms with Gasteiger partial charge in [0.15, 0.2) is 0 Å². The van der Waals surface area contributed by atoms with Crippen molar-refractivity contribution >= 4 is 17.6 Å². The van der Waals surface area contributed by atoms with Crippen molar-refractivity contribution in [2.45, 2.75) is 38.7 Å². The van der Waals surface area contributed by atoms with Crippen molar-refractivity contribution < 1.29 is 13.9 Å². The Bertz CT molecular complexity index is 465. The fraction of sp³-hybridized carbons (Fsp3) is 0.500. The lowest BCUT2D eigenvalue weighted by Crippen LogP contribution is -2.45. The highest BCUT2D eigenvalue weighted by molar-refractivity contribution is 6.31. The number of halogens is 2. The topological polar surface area (TPSA) is 52.3 Å². The molecular formula is C14H19ClFNO2. The van der Waals surface area contributed by atoms with Crippen LogP contribution in [0.25, 0.3) is 0 Å². The van der Waals surface area contributed by atoms with E-state index in [0.29, 0.717) is 0 Å². The Morgan fingerprint density at radius 2 is 1.95 bits per heavy atom. The number of rotatable bonds is 3. The number of esters is 1. The lowest BCUT2D eigenvalue weighted by atomic mass is 9.82. The molecule has 1 rings (SSSR count). The maximum absolute atomic E-state index is 14.0. The Balaban J connectivity index is 3.28. The van der Waals surface area contributed by atoms with E-state index >= 15 is 0 Å². The smallest absolute Gasteiger partial charge is 0.318 e. The molecule has 0 saturated carbocycles. The van der Waals surface area contributed by atoms with Crippen LogP contribution in [0.4, 0.5) is 4.39 Å². The number of carbonyl (C=O) groups excluding carboxylic acids is 1. The first-order valence-electron chi connectivity index (χ1n) is 6.00. The fourth-order valence-electron chi connectivity index (χ4n) is 1.70. The van der Waals surface area contributed by atoms with Crippen LogP contribution in [-0.2, 0) is 14.9 Å². The number of hydrogen-bond donors (Lipinski definition) is 1. The van der Waals surface area contributed by atoms with E-state index in [1.165, 1.54) is 25.1 Å². The summed E-state index contributed by atoms with van der Waals surface area (Å²) in [6.45, 7) is 6.66. The first-order valence-corrected chi connectivity index (χ1v) is 6.37. The molecule has 0 bridgehead atoms. The van der Waals surface area contributed by atoms with Gasteiger partial charge in [-0.05, 0) is 39.8 Å². The molecular weight excluding hydrogens is 269 g/mol. The van der Waals surface area contributed by atoms with Gasteiger partial charge in [0.1, 0.15) is 16.8 Å². The highest BCUT2D eigenvalue weighted by Gasteiger charge is 2.41. The van der Waals surface area contributed by atoms with Gasteiger partial charge in [0.2, 0.25) is 0 Å². The minimum Gasteiger partial charge on any atom is -0.459 e. The lowest BCUT2D eigenvalue weighted by Gasteiger charge is -2.31. The molecule has 0 radical (unpaired) electrons. The van der Waals surface area contributed by atoms with E-state index in [1.807, 2.05) is 0 Å². The van der Waals surface area contributed by atoms with Crippen LogP contribution in [-0.4, -0.2) is 18.1 Å². The fourth-order valence-corrected chi connectivity index (χ4v) is 2.07. The van der Waals surface area contributed by atoms with Crippen molar-refractivity contribution in [3.8, 4) is 0 Å². The Kier molecular flexibility index (Phi) is 4.59. The first kappa shape index (κ1) is 15.9. The molecule has 0 aliphatic rings. The molecule has 1 unspecified atom stereocenters. The van der Waals surface area contributed by atoms with Crippen LogP contribution in [0.1, 0.15) is 33.3 Å². The summed E-state index contributed by atoms with van der Waals surface area (Å²) in [4.78, 5) is 12.3. The molecule has 0 spiro atoms. The zero-order chi connectivity index (χ0) is 14.8. The molecule has 106 valence electrons. The minimum absolute atomic E-state index is 0.0772. The third-order valence-corrected chi connectivity index (χ3v) is 3.09. The highest BCUT2D eigenvalue weighted by atomic mass is 35.5. The molecule has 1 aromatic carbocycles. The van der Waals surface area contributed by atoms with Crippen LogP contribution in [0, 0.1) is 5.82 Å². The molecule has 0 heterocycles. The van der Waals surface area contributed by atoms with Gasteiger partial charge in [-0.25, -0.2) is 4.39 Å². The van der Waals surface area contributed by atoms with Crippen molar-refractivity contribution in [3.63, 3.8) is 0 Å². The summed E-state index contributed by atoms with van der Waals surface area (Å²) in [5.74, 6) is -1.15. The minimum atomic E-state index is -1.31. The molecule has 0 aliphatic heterocycles. The summed E-state index contributed by atoms with van der Waals surface area (Å²) in [7, 11) is 0. The van der Waals surface area contributed by atoms with Gasteiger partial charge in [0.05, 0.1) is 0 Å². The summed E-state index contributed by atoms with van der Waals surface area (Å²) in [6, 6.07) is 4.25. The van der Waals surface area contributed by atoms with Crippen LogP contribution < -0.4 is 5.73 Å². The van der Waals surface area contributed by atoms with Crippen LogP contribution >= 0.6 is 11.6 Å². The van der Waals surface area contributed by atoms with Crippen LogP contribution in [0.5, 0.6) is 0 Å². The summed E-state index contributed by atoms with van der Waals surface area (Å²) in [5, 5.41) is 0.166. The maximum atomic E-state index is 14.0. The van der Waals surface area contributed by atoms with E-state index < -0.39 is 22.8 Å². The second-order valence-electron chi connectivity index (χ2n) is 5.63. The highest BCUT2D eigenvalue weighted by Crippen LogP contribution is 2.34. The Morgan fingerprint density at radius 1 is 1.37 bits per heavy atom. The second kappa shape index (κ2) is 5.47. The molecule has 3 nitrogen and oxygen atoms in total. The van der Waals surface area contributed by atoms with Crippen molar-refractivity contribution in [3.05, 3.63) is 34.6 Å². The van der Waals surface area contributed by atoms with Gasteiger partial charge in [0.25, 0.3) is 0 Å². The van der Waals surface area contributed by atoms with Crippen molar-refractivity contribution in [2.24, 2.45) is 5.73 Å². The molecule has 0 saturated heterocycles. The van der Waals surface area contributed by atoms with E-state index in [9.17, 15) is 9.18 Å². The molecule has 0 amide bonds. The SMILES string of the molecule is CC(C)(C)OC(=O)C(C)(CN)c1c(F)cccc1Cl. The van der Waals surface area contributed by atoms with Gasteiger partial charge in [-0.3, -0.25) is 4.79 Å². The number of ether oxygens (including phenoxy) is 1. The van der Waals surface area contributed by atoms with E-state index in [4.69, 9.17) is 22.1 Å². The number of hydrogen-bond acceptors (Lipinski definition) is 3. The summed E-state index contributed by atoms with van der Waals surface area (Å²) in [6.07, 6.45) is 0. The van der Waals surface area contributed by atoms with E-state index in [-0.39, 0.29) is 17.1 Å². The average molecular weight is 288 g/mol. The largest absolute Gasteiger partial charge is 0.459 e. The average Bonchev–Trinajstić information content (AvgIpc) is 2.26. The van der Waals surface area contributed by atoms with Gasteiger partial charge in [-0.15, -0.1) is 0 Å². The van der Waals surface area contributed by atoms with E-state index in [0.717, 1.165) is 0 Å². The Hall–Kier alpha value is -1.13. The zero-order valence-corrected chi connectivity index (χ0v) is 12.3. The second-order valence-corrected chi connectivity index (χ2v) is 6.04. The molecule has 0 fully saturated rings. The summed E-state index contributed by atoms with van der Waals surface area (Å²) in [5.41, 5.74) is 3.76.